The van der Waals surface area contributed by atoms with Gasteiger partial charge in [-0.05, 0) is 18.6 Å². The second-order valence-corrected chi connectivity index (χ2v) is 8.39. The highest BCUT2D eigenvalue weighted by Gasteiger charge is 2.21. The van der Waals surface area contributed by atoms with Crippen molar-refractivity contribution in [2.24, 2.45) is 0 Å². The number of halogens is 1. The summed E-state index contributed by atoms with van der Waals surface area (Å²) in [7, 11) is 1.52. The van der Waals surface area contributed by atoms with Gasteiger partial charge in [-0.25, -0.2) is 4.98 Å². The van der Waals surface area contributed by atoms with Gasteiger partial charge in [0.05, 0.1) is 29.3 Å². The van der Waals surface area contributed by atoms with Crippen LogP contribution in [-0.4, -0.2) is 61.0 Å². The molecule has 2 aromatic rings. The van der Waals surface area contributed by atoms with Gasteiger partial charge in [-0.15, -0.1) is 11.3 Å². The standard InChI is InChI=1S/C22H29ClN4O4S/c1-3-4-7-10-24-19(28)13-16-15-32-22(25-16)26-20(29)14-27(11-12-31-2)21(30)17-8-5-6-9-18(17)23/h5-6,8-9,15H,3-4,7,10-14H2,1-2H3,(H,24,28)(H,25,26,29). The van der Waals surface area contributed by atoms with Crippen LogP contribution >= 0.6 is 22.9 Å². The summed E-state index contributed by atoms with van der Waals surface area (Å²) in [5.74, 6) is -0.853. The number of aromatic nitrogens is 1. The van der Waals surface area contributed by atoms with Gasteiger partial charge in [0.1, 0.15) is 6.54 Å². The summed E-state index contributed by atoms with van der Waals surface area (Å²) in [5, 5.41) is 7.99. The number of amides is 3. The van der Waals surface area contributed by atoms with Crippen LogP contribution in [0.15, 0.2) is 29.6 Å². The van der Waals surface area contributed by atoms with Crippen LogP contribution in [0.4, 0.5) is 5.13 Å². The Balaban J connectivity index is 1.92. The third kappa shape index (κ3) is 8.57. The summed E-state index contributed by atoms with van der Waals surface area (Å²) >= 11 is 7.37. The molecule has 32 heavy (non-hydrogen) atoms. The van der Waals surface area contributed by atoms with Gasteiger partial charge in [0, 0.05) is 25.6 Å². The van der Waals surface area contributed by atoms with Crippen molar-refractivity contribution in [2.45, 2.75) is 32.6 Å². The maximum atomic E-state index is 12.9. The number of benzene rings is 1. The maximum absolute atomic E-state index is 12.9. The number of unbranched alkanes of at least 4 members (excludes halogenated alkanes) is 2. The van der Waals surface area contributed by atoms with E-state index in [1.807, 2.05) is 0 Å². The van der Waals surface area contributed by atoms with Crippen molar-refractivity contribution in [1.82, 2.24) is 15.2 Å². The summed E-state index contributed by atoms with van der Waals surface area (Å²) < 4.78 is 5.06. The molecule has 0 radical (unpaired) electrons. The van der Waals surface area contributed by atoms with Crippen molar-refractivity contribution in [3.05, 3.63) is 45.9 Å². The number of anilines is 1. The molecule has 0 aliphatic rings. The van der Waals surface area contributed by atoms with E-state index in [-0.39, 0.29) is 37.9 Å². The molecule has 8 nitrogen and oxygen atoms in total. The van der Waals surface area contributed by atoms with Crippen LogP contribution in [0.3, 0.4) is 0 Å². The molecule has 0 spiro atoms. The number of carbonyl (C=O) groups is 3. The molecule has 1 aromatic carbocycles. The number of methoxy groups -OCH3 is 1. The predicted molar refractivity (Wildman–Crippen MR) is 126 cm³/mol. The molecule has 0 atom stereocenters. The second kappa shape index (κ2) is 13.8. The van der Waals surface area contributed by atoms with Gasteiger partial charge in [-0.1, -0.05) is 43.5 Å². The molecule has 174 valence electrons. The number of rotatable bonds is 13. The van der Waals surface area contributed by atoms with Crippen LogP contribution in [0.25, 0.3) is 0 Å². The third-order valence-electron chi connectivity index (χ3n) is 4.53. The fourth-order valence-electron chi connectivity index (χ4n) is 2.87. The first kappa shape index (κ1) is 25.8. The Morgan fingerprint density at radius 3 is 2.69 bits per heavy atom. The number of ether oxygens (including phenoxy) is 1. The van der Waals surface area contributed by atoms with Crippen molar-refractivity contribution in [3.63, 3.8) is 0 Å². The van der Waals surface area contributed by atoms with Gasteiger partial charge in [0.2, 0.25) is 11.8 Å². The lowest BCUT2D eigenvalue weighted by Gasteiger charge is -2.22. The Labute approximate surface area is 197 Å². The molecule has 3 amide bonds. The molecule has 2 N–H and O–H groups in total. The summed E-state index contributed by atoms with van der Waals surface area (Å²) in [5.41, 5.74) is 0.904. The molecule has 1 heterocycles. The van der Waals surface area contributed by atoms with Crippen molar-refractivity contribution in [1.29, 1.82) is 0 Å². The van der Waals surface area contributed by atoms with Gasteiger partial charge in [-0.3, -0.25) is 14.4 Å². The highest BCUT2D eigenvalue weighted by atomic mass is 35.5. The fraction of sp³-hybridized carbons (Fsp3) is 0.455. The van der Waals surface area contributed by atoms with Gasteiger partial charge in [0.25, 0.3) is 5.91 Å². The minimum absolute atomic E-state index is 0.0969. The topological polar surface area (TPSA) is 101 Å². The number of nitrogens with one attached hydrogen (secondary N) is 2. The SMILES string of the molecule is CCCCCNC(=O)Cc1csc(NC(=O)CN(CCOC)C(=O)c2ccccc2Cl)n1. The first-order valence-corrected chi connectivity index (χ1v) is 11.7. The van der Waals surface area contributed by atoms with Crippen LogP contribution in [0.5, 0.6) is 0 Å². The zero-order valence-electron chi connectivity index (χ0n) is 18.4. The number of nitrogens with zero attached hydrogens (tertiary/aromatic N) is 2. The van der Waals surface area contributed by atoms with Crippen molar-refractivity contribution in [2.75, 3.05) is 38.7 Å². The third-order valence-corrected chi connectivity index (χ3v) is 5.67. The predicted octanol–water partition coefficient (Wildman–Crippen LogP) is 3.37. The van der Waals surface area contributed by atoms with E-state index in [9.17, 15) is 14.4 Å². The quantitative estimate of drug-likeness (QED) is 0.428. The lowest BCUT2D eigenvalue weighted by molar-refractivity contribution is -0.120. The molecule has 0 bridgehead atoms. The zero-order chi connectivity index (χ0) is 23.3. The van der Waals surface area contributed by atoms with E-state index >= 15 is 0 Å². The highest BCUT2D eigenvalue weighted by molar-refractivity contribution is 7.13. The molecule has 0 aliphatic carbocycles. The molecule has 1 aromatic heterocycles. The maximum Gasteiger partial charge on any atom is 0.255 e. The Bertz CT molecular complexity index is 906. The molecule has 0 saturated heterocycles. The smallest absolute Gasteiger partial charge is 0.255 e. The molecule has 2 rings (SSSR count). The Morgan fingerprint density at radius 1 is 1.19 bits per heavy atom. The van der Waals surface area contributed by atoms with Gasteiger partial charge in [-0.2, -0.15) is 0 Å². The molecular formula is C22H29ClN4O4S. The number of hydrogen-bond donors (Lipinski definition) is 2. The second-order valence-electron chi connectivity index (χ2n) is 7.13. The number of hydrogen-bond acceptors (Lipinski definition) is 6. The Kier molecular flexibility index (Phi) is 11.1. The van der Waals surface area contributed by atoms with E-state index in [4.69, 9.17) is 16.3 Å². The van der Waals surface area contributed by atoms with E-state index in [1.165, 1.54) is 23.3 Å². The fourth-order valence-corrected chi connectivity index (χ4v) is 3.81. The molecule has 0 unspecified atom stereocenters. The van der Waals surface area contributed by atoms with E-state index < -0.39 is 5.91 Å². The number of carbonyl (C=O) groups excluding carboxylic acids is 3. The van der Waals surface area contributed by atoms with Crippen LogP contribution < -0.4 is 10.6 Å². The summed E-state index contributed by atoms with van der Waals surface area (Å²) in [6.45, 7) is 3.08. The summed E-state index contributed by atoms with van der Waals surface area (Å²) in [6.07, 6.45) is 3.28. The largest absolute Gasteiger partial charge is 0.383 e. The van der Waals surface area contributed by atoms with Crippen molar-refractivity contribution < 1.29 is 19.1 Å². The minimum atomic E-state index is -0.397. The van der Waals surface area contributed by atoms with Gasteiger partial charge in [0.15, 0.2) is 5.13 Å². The summed E-state index contributed by atoms with van der Waals surface area (Å²) in [4.78, 5) is 43.1. The van der Waals surface area contributed by atoms with E-state index in [0.29, 0.717) is 28.0 Å². The average Bonchev–Trinajstić information content (AvgIpc) is 3.20. The van der Waals surface area contributed by atoms with Crippen LogP contribution in [-0.2, 0) is 20.7 Å². The molecule has 0 saturated carbocycles. The van der Waals surface area contributed by atoms with Crippen LogP contribution in [0.1, 0.15) is 42.2 Å². The van der Waals surface area contributed by atoms with E-state index in [2.05, 4.69) is 22.5 Å². The first-order valence-electron chi connectivity index (χ1n) is 10.5. The van der Waals surface area contributed by atoms with Gasteiger partial charge >= 0.3 is 0 Å². The summed E-state index contributed by atoms with van der Waals surface area (Å²) in [6, 6.07) is 6.69. The lowest BCUT2D eigenvalue weighted by atomic mass is 10.2. The van der Waals surface area contributed by atoms with E-state index in [0.717, 1.165) is 19.3 Å². The van der Waals surface area contributed by atoms with Crippen LogP contribution in [0, 0.1) is 0 Å². The Hall–Kier alpha value is -2.49. The van der Waals surface area contributed by atoms with E-state index in [1.54, 1.807) is 29.6 Å². The monoisotopic (exact) mass is 480 g/mol. The van der Waals surface area contributed by atoms with Gasteiger partial charge < -0.3 is 20.3 Å². The molecule has 0 aliphatic heterocycles. The Morgan fingerprint density at radius 2 is 1.97 bits per heavy atom. The molecule has 10 heteroatoms. The average molecular weight is 481 g/mol. The number of thiazole rings is 1. The normalized spacial score (nSPS) is 10.6. The molecule has 0 fully saturated rings. The first-order chi connectivity index (χ1) is 15.4. The molecular weight excluding hydrogens is 452 g/mol. The highest BCUT2D eigenvalue weighted by Crippen LogP contribution is 2.18. The zero-order valence-corrected chi connectivity index (χ0v) is 19.9. The van der Waals surface area contributed by atoms with Crippen molar-refractivity contribution in [3.8, 4) is 0 Å². The minimum Gasteiger partial charge on any atom is -0.383 e. The van der Waals surface area contributed by atoms with Crippen LogP contribution in [0.2, 0.25) is 5.02 Å². The van der Waals surface area contributed by atoms with Crippen molar-refractivity contribution >= 4 is 45.8 Å². The lowest BCUT2D eigenvalue weighted by Crippen LogP contribution is -2.40.